The van der Waals surface area contributed by atoms with Crippen LogP contribution in [0.4, 0.5) is 11.4 Å². The third-order valence-corrected chi connectivity index (χ3v) is 5.15. The predicted molar refractivity (Wildman–Crippen MR) is 116 cm³/mol. The number of thiophene rings is 1. The number of hydrogen-bond donors (Lipinski definition) is 1. The van der Waals surface area contributed by atoms with Crippen LogP contribution in [0.3, 0.4) is 0 Å². The molecule has 30 heavy (non-hydrogen) atoms. The van der Waals surface area contributed by atoms with Crippen LogP contribution >= 0.6 is 11.3 Å². The molecule has 0 fully saturated rings. The van der Waals surface area contributed by atoms with Gasteiger partial charge >= 0.3 is 0 Å². The first-order chi connectivity index (χ1) is 14.5. The van der Waals surface area contributed by atoms with Crippen LogP contribution < -0.4 is 10.1 Å². The third-order valence-electron chi connectivity index (χ3n) is 4.08. The molecule has 0 aliphatic rings. The van der Waals surface area contributed by atoms with Gasteiger partial charge < -0.3 is 10.1 Å². The van der Waals surface area contributed by atoms with Crippen molar-refractivity contribution in [2.75, 3.05) is 11.9 Å². The molecule has 0 bridgehead atoms. The number of rotatable bonds is 7. The van der Waals surface area contributed by atoms with E-state index in [0.717, 1.165) is 0 Å². The number of carbonyl (C=O) groups excluding carboxylic acids is 1. The molecular weight excluding hydrogens is 402 g/mol. The Morgan fingerprint density at radius 2 is 1.93 bits per heavy atom. The number of nitrogens with one attached hydrogen (secondary N) is 1. The van der Waals surface area contributed by atoms with Crippen molar-refractivity contribution in [1.82, 2.24) is 0 Å². The number of nitrogens with zero attached hydrogens (tertiary/aromatic N) is 2. The zero-order valence-corrected chi connectivity index (χ0v) is 16.8. The molecule has 2 aromatic carbocycles. The van der Waals surface area contributed by atoms with Crippen LogP contribution in [-0.4, -0.2) is 17.4 Å². The van der Waals surface area contributed by atoms with E-state index in [-0.39, 0.29) is 11.3 Å². The summed E-state index contributed by atoms with van der Waals surface area (Å²) in [6, 6.07) is 18.8. The highest BCUT2D eigenvalue weighted by Gasteiger charge is 2.17. The fourth-order valence-corrected chi connectivity index (χ4v) is 3.73. The smallest absolute Gasteiger partial charge is 0.278 e. The van der Waals surface area contributed by atoms with Crippen molar-refractivity contribution in [2.24, 2.45) is 0 Å². The van der Waals surface area contributed by atoms with Gasteiger partial charge in [-0.3, -0.25) is 14.9 Å². The molecule has 0 unspecified atom stereocenters. The van der Waals surface area contributed by atoms with Gasteiger partial charge in [-0.05, 0) is 43.3 Å². The second-order valence-corrected chi connectivity index (χ2v) is 7.14. The standard InChI is InChI=1S/C22H17N3O4S/c1-2-29-20-10-6-4-8-18(20)24-22(26)15(14-23)13-16-11-12-21(30-16)17-7-3-5-9-19(17)25(27)28/h3-13H,2H2,1H3,(H,24,26)/b15-13+. The highest BCUT2D eigenvalue weighted by Crippen LogP contribution is 2.35. The first-order valence-corrected chi connectivity index (χ1v) is 9.83. The van der Waals surface area contributed by atoms with Crippen LogP contribution in [0.15, 0.2) is 66.2 Å². The maximum Gasteiger partial charge on any atom is 0.278 e. The van der Waals surface area contributed by atoms with Gasteiger partial charge in [-0.15, -0.1) is 11.3 Å². The molecule has 3 rings (SSSR count). The minimum absolute atomic E-state index is 0.000612. The topological polar surface area (TPSA) is 105 Å². The normalized spacial score (nSPS) is 10.9. The van der Waals surface area contributed by atoms with Crippen molar-refractivity contribution in [1.29, 1.82) is 5.26 Å². The number of para-hydroxylation sites is 3. The van der Waals surface area contributed by atoms with Crippen LogP contribution in [0.1, 0.15) is 11.8 Å². The monoisotopic (exact) mass is 419 g/mol. The van der Waals surface area contributed by atoms with Crippen LogP contribution in [-0.2, 0) is 4.79 Å². The van der Waals surface area contributed by atoms with Crippen molar-refractivity contribution >= 4 is 34.7 Å². The minimum atomic E-state index is -0.565. The SMILES string of the molecule is CCOc1ccccc1NC(=O)/C(C#N)=C/c1ccc(-c2ccccc2[N+](=O)[O-])s1. The number of benzene rings is 2. The van der Waals surface area contributed by atoms with Crippen molar-refractivity contribution in [3.8, 4) is 22.3 Å². The van der Waals surface area contributed by atoms with Gasteiger partial charge in [0.1, 0.15) is 17.4 Å². The van der Waals surface area contributed by atoms with Crippen molar-refractivity contribution in [3.63, 3.8) is 0 Å². The molecule has 0 aliphatic carbocycles. The van der Waals surface area contributed by atoms with E-state index >= 15 is 0 Å². The van der Waals surface area contributed by atoms with Crippen LogP contribution in [0.5, 0.6) is 5.75 Å². The van der Waals surface area contributed by atoms with E-state index in [1.807, 2.05) is 13.0 Å². The number of nitro groups is 1. The molecule has 7 nitrogen and oxygen atoms in total. The zero-order chi connectivity index (χ0) is 21.5. The number of nitro benzene ring substituents is 1. The zero-order valence-electron chi connectivity index (χ0n) is 16.0. The van der Waals surface area contributed by atoms with Gasteiger partial charge in [-0.2, -0.15) is 5.26 Å². The van der Waals surface area contributed by atoms with Gasteiger partial charge in [0.15, 0.2) is 0 Å². The highest BCUT2D eigenvalue weighted by atomic mass is 32.1. The number of anilines is 1. The van der Waals surface area contributed by atoms with E-state index in [4.69, 9.17) is 4.74 Å². The Hall–Kier alpha value is -3.96. The van der Waals surface area contributed by atoms with E-state index in [2.05, 4.69) is 5.32 Å². The summed E-state index contributed by atoms with van der Waals surface area (Å²) in [6.45, 7) is 2.28. The summed E-state index contributed by atoms with van der Waals surface area (Å²) in [5.41, 5.74) is 0.871. The van der Waals surface area contributed by atoms with E-state index in [1.165, 1.54) is 23.5 Å². The van der Waals surface area contributed by atoms with Gasteiger partial charge in [0, 0.05) is 15.8 Å². The molecule has 150 valence electrons. The van der Waals surface area contributed by atoms with Gasteiger partial charge in [0.25, 0.3) is 11.6 Å². The van der Waals surface area contributed by atoms with Crippen molar-refractivity contribution < 1.29 is 14.5 Å². The summed E-state index contributed by atoms with van der Waals surface area (Å²) >= 11 is 1.26. The van der Waals surface area contributed by atoms with Crippen LogP contribution in [0.2, 0.25) is 0 Å². The quantitative estimate of drug-likeness (QED) is 0.243. The summed E-state index contributed by atoms with van der Waals surface area (Å²) in [5.74, 6) is -0.0502. The van der Waals surface area contributed by atoms with Crippen molar-refractivity contribution in [3.05, 3.63) is 81.2 Å². The Morgan fingerprint density at radius 1 is 1.20 bits per heavy atom. The molecule has 0 aliphatic heterocycles. The molecule has 3 aromatic rings. The fourth-order valence-electron chi connectivity index (χ4n) is 2.75. The molecule has 1 heterocycles. The van der Waals surface area contributed by atoms with Crippen molar-refractivity contribution in [2.45, 2.75) is 6.92 Å². The van der Waals surface area contributed by atoms with Gasteiger partial charge in [-0.25, -0.2) is 0 Å². The highest BCUT2D eigenvalue weighted by molar-refractivity contribution is 7.16. The maximum absolute atomic E-state index is 12.6. The van der Waals surface area contributed by atoms with E-state index < -0.39 is 10.8 Å². The van der Waals surface area contributed by atoms with Gasteiger partial charge in [0.2, 0.25) is 0 Å². The first-order valence-electron chi connectivity index (χ1n) is 9.02. The summed E-state index contributed by atoms with van der Waals surface area (Å²) < 4.78 is 5.48. The Labute approximate surface area is 177 Å². The Bertz CT molecular complexity index is 1160. The molecule has 1 amide bonds. The summed E-state index contributed by atoms with van der Waals surface area (Å²) in [4.78, 5) is 24.7. The molecule has 0 atom stereocenters. The summed E-state index contributed by atoms with van der Waals surface area (Å²) in [7, 11) is 0. The van der Waals surface area contributed by atoms with E-state index in [9.17, 15) is 20.2 Å². The summed E-state index contributed by atoms with van der Waals surface area (Å²) in [5, 5.41) is 23.4. The fraction of sp³-hybridized carbons (Fsp3) is 0.0909. The molecule has 1 aromatic heterocycles. The lowest BCUT2D eigenvalue weighted by molar-refractivity contribution is -0.384. The molecule has 8 heteroatoms. The Morgan fingerprint density at radius 3 is 2.67 bits per heavy atom. The largest absolute Gasteiger partial charge is 0.492 e. The minimum Gasteiger partial charge on any atom is -0.492 e. The number of hydrogen-bond acceptors (Lipinski definition) is 6. The van der Waals surface area contributed by atoms with Crippen LogP contribution in [0.25, 0.3) is 16.5 Å². The molecular formula is C22H17N3O4S. The number of ether oxygens (including phenoxy) is 1. The first kappa shape index (κ1) is 20.8. The third kappa shape index (κ3) is 4.71. The Balaban J connectivity index is 1.85. The average Bonchev–Trinajstić information content (AvgIpc) is 3.22. The number of carbonyl (C=O) groups is 1. The van der Waals surface area contributed by atoms with Gasteiger partial charge in [-0.1, -0.05) is 24.3 Å². The molecule has 0 saturated heterocycles. The molecule has 0 spiro atoms. The lowest BCUT2D eigenvalue weighted by Crippen LogP contribution is -2.14. The number of amides is 1. The molecule has 1 N–H and O–H groups in total. The van der Waals surface area contributed by atoms with Gasteiger partial charge in [0.05, 0.1) is 22.8 Å². The second-order valence-electron chi connectivity index (χ2n) is 6.03. The van der Waals surface area contributed by atoms with E-state index in [0.29, 0.717) is 33.4 Å². The summed E-state index contributed by atoms with van der Waals surface area (Å²) in [6.07, 6.45) is 1.46. The molecule has 0 saturated carbocycles. The molecule has 0 radical (unpaired) electrons. The average molecular weight is 419 g/mol. The van der Waals surface area contributed by atoms with Crippen LogP contribution in [0, 0.1) is 21.4 Å². The lowest BCUT2D eigenvalue weighted by Gasteiger charge is -2.10. The predicted octanol–water partition coefficient (Wildman–Crippen LogP) is 5.27. The Kier molecular flexibility index (Phi) is 6.57. The second kappa shape index (κ2) is 9.49. The maximum atomic E-state index is 12.6. The number of nitriles is 1. The van der Waals surface area contributed by atoms with E-state index in [1.54, 1.807) is 54.6 Å². The lowest BCUT2D eigenvalue weighted by atomic mass is 10.1.